The van der Waals surface area contributed by atoms with E-state index in [1.807, 2.05) is 23.5 Å². The van der Waals surface area contributed by atoms with Gasteiger partial charge in [-0.1, -0.05) is 242 Å². The second-order valence-electron chi connectivity index (χ2n) is 20.6. The lowest BCUT2D eigenvalue weighted by molar-refractivity contribution is 0.722. The van der Waals surface area contributed by atoms with Crippen molar-refractivity contribution in [1.29, 1.82) is 0 Å². The van der Waals surface area contributed by atoms with Gasteiger partial charge in [0, 0.05) is 36.4 Å². The van der Waals surface area contributed by atoms with Crippen molar-refractivity contribution < 1.29 is 0 Å². The van der Waals surface area contributed by atoms with Gasteiger partial charge in [-0.2, -0.15) is 0 Å². The van der Waals surface area contributed by atoms with Crippen LogP contribution in [0.3, 0.4) is 0 Å². The number of anilines is 3. The van der Waals surface area contributed by atoms with E-state index < -0.39 is 10.8 Å². The van der Waals surface area contributed by atoms with Crippen LogP contribution in [0.4, 0.5) is 17.1 Å². The van der Waals surface area contributed by atoms with Gasteiger partial charge in [-0.15, -0.1) is 0 Å². The fourth-order valence-electron chi connectivity index (χ4n) is 13.7. The van der Waals surface area contributed by atoms with Crippen LogP contribution in [0.1, 0.15) is 44.5 Å². The minimum atomic E-state index is -0.529. The van der Waals surface area contributed by atoms with Gasteiger partial charge in [0.25, 0.3) is 0 Å². The van der Waals surface area contributed by atoms with E-state index in [-0.39, 0.29) is 0 Å². The third-order valence-corrected chi connectivity index (χ3v) is 19.1. The van der Waals surface area contributed by atoms with Gasteiger partial charge >= 0.3 is 0 Å². The molecular formula is C74H47NS2. The van der Waals surface area contributed by atoms with E-state index in [9.17, 15) is 0 Å². The summed E-state index contributed by atoms with van der Waals surface area (Å²) in [5.41, 5.74) is 25.1. The summed E-state index contributed by atoms with van der Waals surface area (Å²) in [6.45, 7) is 0. The molecule has 360 valence electrons. The first kappa shape index (κ1) is 44.4. The summed E-state index contributed by atoms with van der Waals surface area (Å²) >= 11 is 3.78. The van der Waals surface area contributed by atoms with E-state index in [0.29, 0.717) is 0 Å². The van der Waals surface area contributed by atoms with Crippen LogP contribution in [0.5, 0.6) is 0 Å². The second kappa shape index (κ2) is 17.3. The molecule has 0 saturated carbocycles. The van der Waals surface area contributed by atoms with Gasteiger partial charge in [0.15, 0.2) is 0 Å². The van der Waals surface area contributed by atoms with Gasteiger partial charge in [0.1, 0.15) is 0 Å². The van der Waals surface area contributed by atoms with Crippen molar-refractivity contribution in [3.05, 3.63) is 330 Å². The zero-order valence-corrected chi connectivity index (χ0v) is 43.5. The summed E-state index contributed by atoms with van der Waals surface area (Å²) in [6.07, 6.45) is 0. The average molecular weight is 1010 g/mol. The fourth-order valence-corrected chi connectivity index (χ4v) is 16.1. The van der Waals surface area contributed by atoms with Crippen LogP contribution in [0, 0.1) is 0 Å². The van der Waals surface area contributed by atoms with Gasteiger partial charge in [0.05, 0.1) is 22.2 Å². The highest BCUT2D eigenvalue weighted by atomic mass is 32.2. The van der Waals surface area contributed by atoms with Crippen LogP contribution in [-0.4, -0.2) is 0 Å². The predicted octanol–water partition coefficient (Wildman–Crippen LogP) is 19.8. The molecule has 4 aliphatic rings. The maximum atomic E-state index is 2.60. The molecule has 2 aliphatic heterocycles. The van der Waals surface area contributed by atoms with E-state index in [4.69, 9.17) is 0 Å². The molecule has 0 N–H and O–H groups in total. The van der Waals surface area contributed by atoms with E-state index in [0.717, 1.165) is 22.6 Å². The summed E-state index contributed by atoms with van der Waals surface area (Å²) in [5.74, 6) is 0. The van der Waals surface area contributed by atoms with Gasteiger partial charge in [-0.25, -0.2) is 0 Å². The van der Waals surface area contributed by atoms with Crippen LogP contribution in [0.2, 0.25) is 0 Å². The lowest BCUT2D eigenvalue weighted by atomic mass is 9.67. The molecule has 3 heteroatoms. The normalized spacial score (nSPS) is 14.1. The molecule has 0 bridgehead atoms. The standard InChI is InChI=1S/C74H47NS2/c1-3-21-48(22-4-1)51-45-52(49-23-5-2-6-24-49)47-53(46-51)50-41-43-54(44-42-50)75(65-35-19-33-63-71(65)55-25-7-9-27-57(55)73(63)59-29-11-15-37-67(59)76-68-38-16-12-30-60(68)73)66-36-20-34-64-72(66)56-26-8-10-28-58(56)74(64)61-31-13-17-39-69(61)77-70-40-18-14-32-62(70)74/h1-47H. The second-order valence-corrected chi connectivity index (χ2v) is 22.8. The fraction of sp³-hybridized carbons (Fsp3) is 0.0270. The summed E-state index contributed by atoms with van der Waals surface area (Å²) in [6, 6.07) is 107. The summed E-state index contributed by atoms with van der Waals surface area (Å²) in [7, 11) is 0. The van der Waals surface area contributed by atoms with Crippen LogP contribution >= 0.6 is 23.5 Å². The molecule has 1 nitrogen and oxygen atoms in total. The Balaban J connectivity index is 0.973. The molecule has 2 heterocycles. The molecule has 16 rings (SSSR count). The lowest BCUT2D eigenvalue weighted by Gasteiger charge is -2.40. The topological polar surface area (TPSA) is 3.24 Å². The maximum Gasteiger partial charge on any atom is 0.0736 e. The Hall–Kier alpha value is -8.86. The number of benzene rings is 12. The molecule has 0 unspecified atom stereocenters. The molecule has 12 aromatic rings. The third kappa shape index (κ3) is 6.39. The van der Waals surface area contributed by atoms with Crippen molar-refractivity contribution >= 4 is 40.6 Å². The van der Waals surface area contributed by atoms with Crippen LogP contribution < -0.4 is 4.90 Å². The summed E-state index contributed by atoms with van der Waals surface area (Å²) in [5, 5.41) is 0. The lowest BCUT2D eigenvalue weighted by Crippen LogP contribution is -2.32. The van der Waals surface area contributed by atoms with Crippen LogP contribution in [0.25, 0.3) is 55.6 Å². The van der Waals surface area contributed by atoms with Crippen molar-refractivity contribution in [2.45, 2.75) is 30.4 Å². The first-order valence-corrected chi connectivity index (χ1v) is 28.2. The summed E-state index contributed by atoms with van der Waals surface area (Å²) in [4.78, 5) is 7.80. The highest BCUT2D eigenvalue weighted by molar-refractivity contribution is 7.99. The largest absolute Gasteiger partial charge is 0.309 e. The van der Waals surface area contributed by atoms with Crippen molar-refractivity contribution in [1.82, 2.24) is 0 Å². The first-order valence-electron chi connectivity index (χ1n) is 26.6. The predicted molar refractivity (Wildman–Crippen MR) is 320 cm³/mol. The number of rotatable bonds is 6. The Morgan fingerprint density at radius 2 is 0.545 bits per heavy atom. The smallest absolute Gasteiger partial charge is 0.0736 e. The minimum Gasteiger partial charge on any atom is -0.309 e. The van der Waals surface area contributed by atoms with Crippen LogP contribution in [-0.2, 0) is 10.8 Å². The molecule has 0 saturated heterocycles. The van der Waals surface area contributed by atoms with Crippen molar-refractivity contribution in [3.63, 3.8) is 0 Å². The number of hydrogen-bond acceptors (Lipinski definition) is 3. The molecule has 77 heavy (non-hydrogen) atoms. The van der Waals surface area contributed by atoms with Crippen molar-refractivity contribution in [2.75, 3.05) is 4.90 Å². The maximum absolute atomic E-state index is 2.60. The minimum absolute atomic E-state index is 0.529. The Kier molecular flexibility index (Phi) is 10.0. The van der Waals surface area contributed by atoms with Crippen LogP contribution in [0.15, 0.2) is 305 Å². The number of nitrogens with zero attached hydrogens (tertiary/aromatic N) is 1. The van der Waals surface area contributed by atoms with E-state index in [1.165, 1.54) is 114 Å². The molecular weight excluding hydrogens is 967 g/mol. The summed E-state index contributed by atoms with van der Waals surface area (Å²) < 4.78 is 0. The molecule has 2 aliphatic carbocycles. The third-order valence-electron chi connectivity index (χ3n) is 16.8. The monoisotopic (exact) mass is 1010 g/mol. The molecule has 0 amide bonds. The highest BCUT2D eigenvalue weighted by Crippen LogP contribution is 2.67. The Labute approximate surface area is 458 Å². The molecule has 0 aromatic heterocycles. The Bertz CT molecular complexity index is 4000. The molecule has 0 atom stereocenters. The van der Waals surface area contributed by atoms with Gasteiger partial charge < -0.3 is 4.90 Å². The van der Waals surface area contributed by atoms with Gasteiger partial charge in [0.2, 0.25) is 0 Å². The Morgan fingerprint density at radius 3 is 0.935 bits per heavy atom. The van der Waals surface area contributed by atoms with E-state index in [1.54, 1.807) is 0 Å². The van der Waals surface area contributed by atoms with Gasteiger partial charge in [-0.05, 0) is 156 Å². The first-order chi connectivity index (χ1) is 38.2. The molecule has 2 spiro atoms. The highest BCUT2D eigenvalue weighted by Gasteiger charge is 2.53. The van der Waals surface area contributed by atoms with E-state index in [2.05, 4.69) is 290 Å². The zero-order valence-electron chi connectivity index (χ0n) is 41.9. The van der Waals surface area contributed by atoms with E-state index >= 15 is 0 Å². The SMILES string of the molecule is c1ccc(-c2cc(-c3ccccc3)cc(-c3ccc(N(c4cccc5c4-c4ccccc4C54c5ccccc5Sc5ccccc54)c4cccc5c4-c4ccccc4C54c5ccccc5Sc5ccccc54)cc3)c2)cc1. The Morgan fingerprint density at radius 1 is 0.234 bits per heavy atom. The molecule has 0 fully saturated rings. The van der Waals surface area contributed by atoms with Gasteiger partial charge in [-0.3, -0.25) is 0 Å². The van der Waals surface area contributed by atoms with Crippen molar-refractivity contribution in [3.8, 4) is 55.6 Å². The number of hydrogen-bond donors (Lipinski definition) is 0. The zero-order chi connectivity index (χ0) is 50.7. The quantitative estimate of drug-likeness (QED) is 0.163. The molecule has 12 aromatic carbocycles. The molecule has 0 radical (unpaired) electrons. The number of fused-ring (bicyclic) bond motifs is 18. The van der Waals surface area contributed by atoms with Crippen molar-refractivity contribution in [2.24, 2.45) is 0 Å². The average Bonchev–Trinajstić information content (AvgIpc) is 4.19.